The molecule has 0 aromatic carbocycles. The monoisotopic (exact) mass is 310 g/mol. The van der Waals surface area contributed by atoms with Gasteiger partial charge in [0.05, 0.1) is 18.4 Å². The molecule has 5 atom stereocenters. The van der Waals surface area contributed by atoms with Crippen LogP contribution in [0.5, 0.6) is 0 Å². The van der Waals surface area contributed by atoms with Crippen LogP contribution >= 0.6 is 0 Å². The quantitative estimate of drug-likeness (QED) is 0.531. The number of hydrogen-bond acceptors (Lipinski definition) is 6. The Labute approximate surface area is 129 Å². The van der Waals surface area contributed by atoms with Crippen molar-refractivity contribution < 1.29 is 28.9 Å². The van der Waals surface area contributed by atoms with E-state index in [0.717, 1.165) is 0 Å². The van der Waals surface area contributed by atoms with Gasteiger partial charge in [0, 0.05) is 5.92 Å². The molecule has 6 heteroatoms. The van der Waals surface area contributed by atoms with E-state index in [-0.39, 0.29) is 37.6 Å². The number of hydrogen-bond donors (Lipinski definition) is 1. The Balaban J connectivity index is 2.12. The van der Waals surface area contributed by atoms with E-state index in [4.69, 9.17) is 14.2 Å². The van der Waals surface area contributed by atoms with Crippen molar-refractivity contribution in [1.29, 1.82) is 0 Å². The number of carbonyl (C=O) groups is 2. The van der Waals surface area contributed by atoms with Gasteiger partial charge < -0.3 is 19.3 Å². The van der Waals surface area contributed by atoms with Crippen molar-refractivity contribution in [3.63, 3.8) is 0 Å². The molecule has 0 aromatic rings. The molecule has 2 heterocycles. The van der Waals surface area contributed by atoms with E-state index in [1.807, 2.05) is 13.0 Å². The van der Waals surface area contributed by atoms with E-state index >= 15 is 0 Å². The van der Waals surface area contributed by atoms with Gasteiger partial charge in [-0.15, -0.1) is 0 Å². The van der Waals surface area contributed by atoms with Crippen molar-refractivity contribution in [2.75, 3.05) is 13.2 Å². The van der Waals surface area contributed by atoms with Gasteiger partial charge in [0.2, 0.25) is 0 Å². The largest absolute Gasteiger partial charge is 0.465 e. The number of fused-ring (bicyclic) bond motifs is 2. The lowest BCUT2D eigenvalue weighted by Crippen LogP contribution is -2.41. The molecular formula is C16H22O6. The number of rotatable bonds is 0. The Morgan fingerprint density at radius 2 is 1.86 bits per heavy atom. The van der Waals surface area contributed by atoms with Crippen LogP contribution in [0.1, 0.15) is 20.3 Å². The van der Waals surface area contributed by atoms with Crippen LogP contribution < -0.4 is 0 Å². The molecule has 22 heavy (non-hydrogen) atoms. The molecule has 0 saturated carbocycles. The zero-order valence-electron chi connectivity index (χ0n) is 12.8. The van der Waals surface area contributed by atoms with Crippen molar-refractivity contribution in [3.8, 4) is 0 Å². The normalized spacial score (nSPS) is 38.6. The first-order chi connectivity index (χ1) is 10.5. The first kappa shape index (κ1) is 16.7. The Bertz CT molecular complexity index is 469. The van der Waals surface area contributed by atoms with Crippen LogP contribution in [0.25, 0.3) is 0 Å². The lowest BCUT2D eigenvalue weighted by Gasteiger charge is -2.31. The second kappa shape index (κ2) is 7.56. The van der Waals surface area contributed by atoms with Crippen molar-refractivity contribution in [1.82, 2.24) is 0 Å². The van der Waals surface area contributed by atoms with Crippen molar-refractivity contribution >= 4 is 11.9 Å². The summed E-state index contributed by atoms with van der Waals surface area (Å²) in [7, 11) is 0. The van der Waals surface area contributed by atoms with Crippen LogP contribution in [-0.4, -0.2) is 48.6 Å². The minimum Gasteiger partial charge on any atom is -0.465 e. The van der Waals surface area contributed by atoms with Gasteiger partial charge in [0.15, 0.2) is 0 Å². The van der Waals surface area contributed by atoms with Gasteiger partial charge in [-0.25, -0.2) is 0 Å². The fraction of sp³-hybridized carbons (Fsp3) is 0.625. The maximum Gasteiger partial charge on any atom is 0.312 e. The van der Waals surface area contributed by atoms with Crippen LogP contribution in [0.3, 0.4) is 0 Å². The maximum absolute atomic E-state index is 11.8. The number of aliphatic hydroxyl groups is 1. The van der Waals surface area contributed by atoms with Crippen LogP contribution in [-0.2, 0) is 23.8 Å². The molecule has 0 aliphatic carbocycles. The van der Waals surface area contributed by atoms with E-state index in [1.54, 1.807) is 25.2 Å². The van der Waals surface area contributed by atoms with Gasteiger partial charge in [-0.05, 0) is 6.92 Å². The fourth-order valence-electron chi connectivity index (χ4n) is 2.25. The highest BCUT2D eigenvalue weighted by Crippen LogP contribution is 2.21. The number of carbonyl (C=O) groups excluding carboxylic acids is 2. The number of cyclic esters (lactones) is 2. The molecule has 2 bridgehead atoms. The molecule has 0 spiro atoms. The topological polar surface area (TPSA) is 82.1 Å². The summed E-state index contributed by atoms with van der Waals surface area (Å²) in [6.07, 6.45) is 5.57. The predicted molar refractivity (Wildman–Crippen MR) is 77.8 cm³/mol. The minimum atomic E-state index is -0.804. The zero-order chi connectivity index (χ0) is 16.1. The molecule has 122 valence electrons. The maximum atomic E-state index is 11.8. The molecule has 0 fully saturated rings. The van der Waals surface area contributed by atoms with Gasteiger partial charge in [0.25, 0.3) is 0 Å². The summed E-state index contributed by atoms with van der Waals surface area (Å²) in [5, 5.41) is 9.91. The van der Waals surface area contributed by atoms with Crippen molar-refractivity contribution in [2.24, 2.45) is 11.8 Å². The molecular weight excluding hydrogens is 288 g/mol. The summed E-state index contributed by atoms with van der Waals surface area (Å²) in [5.41, 5.74) is 0. The summed E-state index contributed by atoms with van der Waals surface area (Å²) in [6, 6.07) is 0. The molecule has 1 N–H and O–H groups in total. The van der Waals surface area contributed by atoms with Gasteiger partial charge in [0.1, 0.15) is 25.4 Å². The Morgan fingerprint density at radius 1 is 1.09 bits per heavy atom. The van der Waals surface area contributed by atoms with Crippen LogP contribution in [0.15, 0.2) is 24.3 Å². The lowest BCUT2D eigenvalue weighted by molar-refractivity contribution is -0.162. The molecule has 2 aliphatic rings. The van der Waals surface area contributed by atoms with Gasteiger partial charge in [-0.3, -0.25) is 9.59 Å². The third-order valence-electron chi connectivity index (χ3n) is 3.74. The first-order valence-electron chi connectivity index (χ1n) is 7.48. The second-order valence-electron chi connectivity index (χ2n) is 5.72. The molecule has 0 unspecified atom stereocenters. The number of aliphatic hydroxyl groups excluding tert-OH is 1. The molecule has 6 nitrogen and oxygen atoms in total. The fourth-order valence-corrected chi connectivity index (χ4v) is 2.25. The van der Waals surface area contributed by atoms with E-state index < -0.39 is 24.1 Å². The Morgan fingerprint density at radius 3 is 2.64 bits per heavy atom. The second-order valence-corrected chi connectivity index (χ2v) is 5.72. The van der Waals surface area contributed by atoms with Crippen LogP contribution in [0, 0.1) is 11.8 Å². The van der Waals surface area contributed by atoms with E-state index in [0.29, 0.717) is 0 Å². The van der Waals surface area contributed by atoms with Gasteiger partial charge >= 0.3 is 11.9 Å². The van der Waals surface area contributed by atoms with Gasteiger partial charge in [-0.2, -0.15) is 0 Å². The van der Waals surface area contributed by atoms with E-state index in [1.165, 1.54) is 0 Å². The predicted octanol–water partition coefficient (Wildman–Crippen LogP) is 0.989. The van der Waals surface area contributed by atoms with Crippen LogP contribution in [0.4, 0.5) is 0 Å². The summed E-state index contributed by atoms with van der Waals surface area (Å²) >= 11 is 0. The average molecular weight is 310 g/mol. The van der Waals surface area contributed by atoms with Gasteiger partial charge in [-0.1, -0.05) is 31.2 Å². The first-order valence-corrected chi connectivity index (χ1v) is 7.48. The number of esters is 2. The lowest BCUT2D eigenvalue weighted by atomic mass is 9.99. The Kier molecular flexibility index (Phi) is 5.74. The molecule has 0 saturated heterocycles. The van der Waals surface area contributed by atoms with Crippen LogP contribution in [0.2, 0.25) is 0 Å². The average Bonchev–Trinajstić information content (AvgIpc) is 2.50. The summed E-state index contributed by atoms with van der Waals surface area (Å²) in [5.74, 6) is -1.39. The molecule has 0 radical (unpaired) electrons. The summed E-state index contributed by atoms with van der Waals surface area (Å²) in [4.78, 5) is 23.4. The van der Waals surface area contributed by atoms with E-state index in [9.17, 15) is 14.7 Å². The van der Waals surface area contributed by atoms with Crippen molar-refractivity contribution in [2.45, 2.75) is 38.6 Å². The third-order valence-corrected chi connectivity index (χ3v) is 3.74. The molecule has 0 amide bonds. The van der Waals surface area contributed by atoms with Crippen molar-refractivity contribution in [3.05, 3.63) is 24.3 Å². The SMILES string of the molecule is C[C@@H]1/C=C/CC(=O)OC[C@H](C)C(=O)OC[C@H]2O[C@H]1C=C[C@H]2O. The molecule has 2 aliphatic heterocycles. The third kappa shape index (κ3) is 4.42. The molecule has 0 aromatic heterocycles. The highest BCUT2D eigenvalue weighted by molar-refractivity contribution is 5.74. The highest BCUT2D eigenvalue weighted by Gasteiger charge is 2.30. The smallest absolute Gasteiger partial charge is 0.312 e. The zero-order valence-corrected chi connectivity index (χ0v) is 12.8. The standard InChI is InChI=1S/C16H22O6/c1-10-4-3-5-15(18)20-8-11(2)16(19)21-9-14-12(17)6-7-13(10)22-14/h3-4,6-7,10-14,17H,5,8-9H2,1-2H3/b4-3+/t10-,11+,12-,13+,14-/m1/s1. The van der Waals surface area contributed by atoms with E-state index in [2.05, 4.69) is 0 Å². The number of ether oxygens (including phenoxy) is 3. The summed E-state index contributed by atoms with van der Waals surface area (Å²) in [6.45, 7) is 3.53. The Hall–Kier alpha value is -1.66. The highest BCUT2D eigenvalue weighted by atomic mass is 16.6. The summed E-state index contributed by atoms with van der Waals surface area (Å²) < 4.78 is 16.0. The molecule has 2 rings (SSSR count). The minimum absolute atomic E-state index is 0.0162.